The van der Waals surface area contributed by atoms with E-state index in [0.717, 1.165) is 107 Å². The molecule has 97 heavy (non-hydrogen) atoms. The van der Waals surface area contributed by atoms with Gasteiger partial charge in [-0.1, -0.05) is 276 Å². The molecule has 0 N–H and O–H groups in total. The summed E-state index contributed by atoms with van der Waals surface area (Å²) >= 11 is 0. The SMILES string of the molecule is COc1c2cc(C(C)(C)C)cc1Cc1cc(C(C)(C)C)cc(c1OC)Cc1cc(C(C)(C)C)cc(c1OC)Cc1cc(C(C)(C)C)cc(c1OCc1cccc(P(c3ccccc3)c3ccccc3)c1)Cc1cc(C(C)(C)C)cc(c1OC)Cc1cc(C(C)(C)C)cc(c1OC)C2. The number of benzene rings is 9. The molecule has 9 aromatic rings. The van der Waals surface area contributed by atoms with Gasteiger partial charge in [0.05, 0.1) is 35.5 Å². The van der Waals surface area contributed by atoms with Crippen LogP contribution in [0.2, 0.25) is 0 Å². The summed E-state index contributed by atoms with van der Waals surface area (Å²) in [6.07, 6.45) is 3.42. The van der Waals surface area contributed by atoms with Gasteiger partial charge in [-0.05, 0) is 168 Å². The van der Waals surface area contributed by atoms with Crippen LogP contribution >= 0.6 is 7.92 Å². The number of methoxy groups -OCH3 is 5. The molecule has 0 heterocycles. The van der Waals surface area contributed by atoms with Gasteiger partial charge in [-0.25, -0.2) is 0 Å². The molecule has 0 atom stereocenters. The second-order valence-corrected chi connectivity index (χ2v) is 35.5. The van der Waals surface area contributed by atoms with E-state index < -0.39 is 7.92 Å². The summed E-state index contributed by atoms with van der Waals surface area (Å²) in [6, 6.07) is 59.7. The fraction of sp³-hybridized carbons (Fsp3) is 0.400. The topological polar surface area (TPSA) is 55.4 Å². The van der Waals surface area contributed by atoms with E-state index in [-0.39, 0.29) is 32.5 Å². The van der Waals surface area contributed by atoms with E-state index in [0.29, 0.717) is 45.1 Å². The molecule has 1 aliphatic carbocycles. The maximum atomic E-state index is 7.67. The molecule has 12 bridgehead atoms. The Labute approximate surface area is 584 Å². The Morgan fingerprint density at radius 1 is 0.247 bits per heavy atom. The Kier molecular flexibility index (Phi) is 20.9. The van der Waals surface area contributed by atoms with E-state index in [1.807, 2.05) is 35.5 Å². The van der Waals surface area contributed by atoms with Gasteiger partial charge >= 0.3 is 0 Å². The largest absolute Gasteiger partial charge is 0.496 e. The average molecular weight is 1320 g/mol. The van der Waals surface area contributed by atoms with Gasteiger partial charge in [-0.3, -0.25) is 0 Å². The van der Waals surface area contributed by atoms with E-state index in [1.54, 1.807) is 0 Å². The van der Waals surface area contributed by atoms with E-state index in [2.05, 4.69) is 282 Å². The minimum absolute atomic E-state index is 0.175. The molecule has 0 spiro atoms. The molecular formula is C90H109O6P. The molecular weight excluding hydrogens is 1210 g/mol. The third kappa shape index (κ3) is 16.2. The Morgan fingerprint density at radius 2 is 0.454 bits per heavy atom. The highest BCUT2D eigenvalue weighted by Crippen LogP contribution is 2.47. The van der Waals surface area contributed by atoms with Crippen molar-refractivity contribution in [2.45, 2.75) is 202 Å². The summed E-state index contributed by atoms with van der Waals surface area (Å²) in [4.78, 5) is 0. The maximum Gasteiger partial charge on any atom is 0.126 e. The lowest BCUT2D eigenvalue weighted by Crippen LogP contribution is -2.21. The van der Waals surface area contributed by atoms with Gasteiger partial charge in [-0.15, -0.1) is 0 Å². The van der Waals surface area contributed by atoms with Crippen LogP contribution in [0.5, 0.6) is 34.5 Å². The molecule has 0 amide bonds. The highest BCUT2D eigenvalue weighted by atomic mass is 31.1. The molecule has 0 unspecified atom stereocenters. The first kappa shape index (κ1) is 72.0. The second-order valence-electron chi connectivity index (χ2n) is 33.3. The van der Waals surface area contributed by atoms with Gasteiger partial charge in [0.15, 0.2) is 0 Å². The number of hydrogen-bond acceptors (Lipinski definition) is 6. The third-order valence-corrected chi connectivity index (χ3v) is 22.0. The van der Waals surface area contributed by atoms with Crippen molar-refractivity contribution in [3.63, 3.8) is 0 Å². The summed E-state index contributed by atoms with van der Waals surface area (Å²) in [5.74, 6) is 5.22. The number of fused-ring (bicyclic) bond motifs is 12. The molecule has 0 saturated heterocycles. The van der Waals surface area contributed by atoms with Crippen molar-refractivity contribution in [3.05, 3.63) is 263 Å². The van der Waals surface area contributed by atoms with Crippen LogP contribution in [-0.2, 0) is 77.6 Å². The lowest BCUT2D eigenvalue weighted by molar-refractivity contribution is 0.300. The highest BCUT2D eigenvalue weighted by Gasteiger charge is 2.32. The van der Waals surface area contributed by atoms with Crippen LogP contribution in [0.4, 0.5) is 0 Å². The van der Waals surface area contributed by atoms with Crippen LogP contribution < -0.4 is 44.3 Å². The summed E-state index contributed by atoms with van der Waals surface area (Å²) in [5, 5.41) is 3.89. The smallest absolute Gasteiger partial charge is 0.126 e. The van der Waals surface area contributed by atoms with Gasteiger partial charge in [-0.2, -0.15) is 0 Å². The molecule has 0 aliphatic heterocycles. The Balaban J connectivity index is 1.29. The van der Waals surface area contributed by atoms with Gasteiger partial charge in [0.1, 0.15) is 41.1 Å². The Morgan fingerprint density at radius 3 is 0.660 bits per heavy atom. The number of ether oxygens (including phenoxy) is 6. The maximum absolute atomic E-state index is 7.67. The second kappa shape index (κ2) is 28.2. The molecule has 10 rings (SSSR count). The monoisotopic (exact) mass is 1320 g/mol. The van der Waals surface area contributed by atoms with Crippen LogP contribution in [0.1, 0.15) is 230 Å². The van der Waals surface area contributed by atoms with Gasteiger partial charge < -0.3 is 28.4 Å². The summed E-state index contributed by atoms with van der Waals surface area (Å²) in [6.45, 7) is 42.0. The minimum Gasteiger partial charge on any atom is -0.496 e. The number of rotatable bonds is 11. The number of hydrogen-bond donors (Lipinski definition) is 0. The molecule has 1 aliphatic rings. The first-order chi connectivity index (χ1) is 45.6. The first-order valence-electron chi connectivity index (χ1n) is 34.9. The predicted octanol–water partition coefficient (Wildman–Crippen LogP) is 20.7. The summed E-state index contributed by atoms with van der Waals surface area (Å²) in [7, 11) is 8.34. The van der Waals surface area contributed by atoms with Crippen molar-refractivity contribution < 1.29 is 28.4 Å². The Bertz CT molecular complexity index is 4070. The predicted molar refractivity (Wildman–Crippen MR) is 410 cm³/mol. The van der Waals surface area contributed by atoms with Gasteiger partial charge in [0.2, 0.25) is 0 Å². The van der Waals surface area contributed by atoms with Crippen molar-refractivity contribution in [2.75, 3.05) is 35.5 Å². The van der Waals surface area contributed by atoms with Gasteiger partial charge in [0.25, 0.3) is 0 Å². The van der Waals surface area contributed by atoms with E-state index in [9.17, 15) is 0 Å². The quantitative estimate of drug-likeness (QED) is 0.120. The van der Waals surface area contributed by atoms with Crippen LogP contribution in [0, 0.1) is 0 Å². The third-order valence-electron chi connectivity index (χ3n) is 19.5. The van der Waals surface area contributed by atoms with Crippen molar-refractivity contribution in [3.8, 4) is 34.5 Å². The highest BCUT2D eigenvalue weighted by molar-refractivity contribution is 7.79. The Hall–Kier alpha value is -7.79. The molecule has 6 nitrogen and oxygen atoms in total. The first-order valence-corrected chi connectivity index (χ1v) is 36.2. The zero-order chi connectivity index (χ0) is 70.3. The van der Waals surface area contributed by atoms with Crippen molar-refractivity contribution in [2.24, 2.45) is 0 Å². The summed E-state index contributed by atoms with van der Waals surface area (Å²) in [5.41, 5.74) is 20.6. The molecule has 0 radical (unpaired) electrons. The van der Waals surface area contributed by atoms with Gasteiger partial charge in [0, 0.05) is 38.5 Å². The van der Waals surface area contributed by atoms with E-state index >= 15 is 0 Å². The average Bonchev–Trinajstić information content (AvgIpc) is 0.774. The lowest BCUT2D eigenvalue weighted by Gasteiger charge is -2.28. The van der Waals surface area contributed by atoms with Crippen LogP contribution in [-0.4, -0.2) is 35.5 Å². The standard InChI is InChI=1S/C90H109O6P/c1-85(2,3)70-44-58-38-60-46-71(86(4,5)6)48-62(80(60)92-20)40-64-50-73(88(10,11)12)52-66(82(64)94-22)42-68-54-75(90(16,17)18)55-69(84(68)96-56-57-31-30-36-78(37-57)97(76-32-26-24-27-33-76)77-34-28-25-29-35-77)43-67-53-74(89(13,14)15)51-65(83(67)95-23)41-63-49-72(87(7,8)9)47-61(81(63)93-21)39-59(45-70)79(58)91-19/h24-37,44-55H,38-43,56H2,1-23H3. The molecule has 0 aromatic heterocycles. The lowest BCUT2D eigenvalue weighted by atomic mass is 9.79. The minimum atomic E-state index is -0.853. The molecule has 9 aromatic carbocycles. The van der Waals surface area contributed by atoms with E-state index in [1.165, 1.54) is 49.3 Å². The van der Waals surface area contributed by atoms with Crippen molar-refractivity contribution in [1.82, 2.24) is 0 Å². The van der Waals surface area contributed by atoms with Crippen LogP contribution in [0.15, 0.2) is 158 Å². The molecule has 7 heteroatoms. The normalized spacial score (nSPS) is 13.4. The molecule has 0 fully saturated rings. The zero-order valence-electron chi connectivity index (χ0n) is 62.9. The van der Waals surface area contributed by atoms with Crippen LogP contribution in [0.3, 0.4) is 0 Å². The zero-order valence-corrected chi connectivity index (χ0v) is 63.8. The fourth-order valence-corrected chi connectivity index (χ4v) is 16.3. The van der Waals surface area contributed by atoms with Crippen molar-refractivity contribution in [1.29, 1.82) is 0 Å². The van der Waals surface area contributed by atoms with E-state index in [4.69, 9.17) is 28.4 Å². The van der Waals surface area contributed by atoms with Crippen molar-refractivity contribution >= 4 is 23.8 Å². The molecule has 510 valence electrons. The fourth-order valence-electron chi connectivity index (χ4n) is 14.0. The van der Waals surface area contributed by atoms with Crippen LogP contribution in [0.25, 0.3) is 0 Å². The summed E-state index contributed by atoms with van der Waals surface area (Å²) < 4.78 is 41.6. The molecule has 0 saturated carbocycles.